The van der Waals surface area contributed by atoms with Gasteiger partial charge in [0.1, 0.15) is 0 Å². The Morgan fingerprint density at radius 1 is 0.879 bits per heavy atom. The zero-order valence-electron chi connectivity index (χ0n) is 18.2. The first kappa shape index (κ1) is 20.5. The monoisotopic (exact) mass is 431 g/mol. The molecule has 5 nitrogen and oxygen atoms in total. The minimum absolute atomic E-state index is 0.321. The van der Waals surface area contributed by atoms with Crippen molar-refractivity contribution >= 4 is 40.1 Å². The molecule has 5 heteroatoms. The number of rotatable bonds is 4. The van der Waals surface area contributed by atoms with E-state index in [0.717, 1.165) is 22.0 Å². The summed E-state index contributed by atoms with van der Waals surface area (Å²) in [6.45, 7) is 2.46. The maximum atomic E-state index is 13.8. The maximum Gasteiger partial charge on any atom is 0.265 e. The van der Waals surface area contributed by atoms with E-state index in [4.69, 9.17) is 5.26 Å². The molecule has 0 fully saturated rings. The number of aromatic nitrogens is 1. The van der Waals surface area contributed by atoms with Crippen LogP contribution in [-0.4, -0.2) is 16.4 Å². The highest BCUT2D eigenvalue weighted by Crippen LogP contribution is 2.35. The molecule has 0 aliphatic carbocycles. The molecule has 4 aromatic rings. The number of amides is 2. The van der Waals surface area contributed by atoms with Gasteiger partial charge >= 0.3 is 0 Å². The van der Waals surface area contributed by atoms with Crippen LogP contribution >= 0.6 is 0 Å². The Morgan fingerprint density at radius 2 is 1.58 bits per heavy atom. The third-order valence-electron chi connectivity index (χ3n) is 6.02. The van der Waals surface area contributed by atoms with E-state index in [2.05, 4.69) is 6.07 Å². The van der Waals surface area contributed by atoms with Crippen molar-refractivity contribution < 1.29 is 9.59 Å². The second-order valence-corrected chi connectivity index (χ2v) is 8.04. The first-order valence-electron chi connectivity index (χ1n) is 10.8. The predicted molar refractivity (Wildman–Crippen MR) is 129 cm³/mol. The van der Waals surface area contributed by atoms with Gasteiger partial charge in [-0.3, -0.25) is 9.59 Å². The first-order chi connectivity index (χ1) is 16.1. The topological polar surface area (TPSA) is 66.1 Å². The van der Waals surface area contributed by atoms with Crippen molar-refractivity contribution in [2.24, 2.45) is 0 Å². The van der Waals surface area contributed by atoms with Crippen LogP contribution < -0.4 is 4.90 Å². The molecule has 160 valence electrons. The Bertz CT molecular complexity index is 1490. The molecule has 0 saturated carbocycles. The Balaban J connectivity index is 1.72. The van der Waals surface area contributed by atoms with Crippen molar-refractivity contribution in [2.45, 2.75) is 19.9 Å². The van der Waals surface area contributed by atoms with E-state index in [1.54, 1.807) is 12.1 Å². The molecule has 0 spiro atoms. The second kappa shape index (κ2) is 8.25. The van der Waals surface area contributed by atoms with Gasteiger partial charge in [-0.25, -0.2) is 4.90 Å². The Labute approximate surface area is 191 Å². The van der Waals surface area contributed by atoms with E-state index < -0.39 is 0 Å². The smallest absolute Gasteiger partial charge is 0.265 e. The van der Waals surface area contributed by atoms with Crippen molar-refractivity contribution in [2.75, 3.05) is 4.90 Å². The lowest BCUT2D eigenvalue weighted by molar-refractivity contribution is -0.112. The number of anilines is 1. The van der Waals surface area contributed by atoms with Crippen molar-refractivity contribution in [1.82, 2.24) is 4.57 Å². The molecule has 2 heterocycles. The fourth-order valence-corrected chi connectivity index (χ4v) is 4.43. The lowest BCUT2D eigenvalue weighted by atomic mass is 9.91. The van der Waals surface area contributed by atoms with E-state index in [1.807, 2.05) is 84.4 Å². The van der Waals surface area contributed by atoms with Gasteiger partial charge in [-0.15, -0.1) is 0 Å². The van der Waals surface area contributed by atoms with Crippen LogP contribution in [0, 0.1) is 18.3 Å². The molecule has 5 rings (SSSR count). The summed E-state index contributed by atoms with van der Waals surface area (Å²) in [5.41, 5.74) is 4.92. The van der Waals surface area contributed by atoms with Gasteiger partial charge in [-0.05, 0) is 42.3 Å². The van der Waals surface area contributed by atoms with E-state index in [0.29, 0.717) is 35.4 Å². The summed E-state index contributed by atoms with van der Waals surface area (Å²) < 4.78 is 2.04. The van der Waals surface area contributed by atoms with Gasteiger partial charge in [0.25, 0.3) is 11.8 Å². The van der Waals surface area contributed by atoms with Crippen molar-refractivity contribution in [1.29, 1.82) is 5.26 Å². The van der Waals surface area contributed by atoms with Crippen molar-refractivity contribution in [3.8, 4) is 6.07 Å². The van der Waals surface area contributed by atoms with E-state index in [-0.39, 0.29) is 11.8 Å². The average molecular weight is 431 g/mol. The largest absolute Gasteiger partial charge is 0.346 e. The molecule has 0 saturated heterocycles. The zero-order chi connectivity index (χ0) is 22.9. The fraction of sp³-hybridized carbons (Fsp3) is 0.107. The molecule has 0 radical (unpaired) electrons. The molecule has 1 aliphatic rings. The number of nitriles is 1. The van der Waals surface area contributed by atoms with Crippen molar-refractivity contribution in [3.63, 3.8) is 0 Å². The molecule has 33 heavy (non-hydrogen) atoms. The number of carbonyl (C=O) groups excluding carboxylic acids is 2. The highest BCUT2D eigenvalue weighted by atomic mass is 16.2. The van der Waals surface area contributed by atoms with Crippen LogP contribution in [0.4, 0.5) is 5.69 Å². The number of hydrogen-bond acceptors (Lipinski definition) is 3. The highest BCUT2D eigenvalue weighted by Gasteiger charge is 2.36. The summed E-state index contributed by atoms with van der Waals surface area (Å²) >= 11 is 0. The predicted octanol–water partition coefficient (Wildman–Crippen LogP) is 5.59. The Hall–Kier alpha value is -4.43. The van der Waals surface area contributed by atoms with E-state index >= 15 is 0 Å². The number of imide groups is 1. The van der Waals surface area contributed by atoms with Gasteiger partial charge < -0.3 is 4.57 Å². The van der Waals surface area contributed by atoms with Gasteiger partial charge in [0.15, 0.2) is 0 Å². The number of carbonyl (C=O) groups is 2. The van der Waals surface area contributed by atoms with E-state index in [9.17, 15) is 9.59 Å². The molecule has 0 atom stereocenters. The minimum atomic E-state index is -0.346. The molecule has 1 aliphatic heterocycles. The van der Waals surface area contributed by atoms with Crippen LogP contribution in [-0.2, 0) is 11.3 Å². The van der Waals surface area contributed by atoms with Crippen LogP contribution in [0.15, 0.2) is 79.0 Å². The van der Waals surface area contributed by atoms with Gasteiger partial charge in [0.05, 0.1) is 18.2 Å². The van der Waals surface area contributed by atoms with Crippen LogP contribution in [0.25, 0.3) is 22.6 Å². The van der Waals surface area contributed by atoms with Crippen LogP contribution in [0.5, 0.6) is 0 Å². The highest BCUT2D eigenvalue weighted by molar-refractivity contribution is 6.43. The lowest BCUT2D eigenvalue weighted by Gasteiger charge is -2.29. The molecule has 3 aromatic carbocycles. The molecule has 0 N–H and O–H groups in total. The number of benzene rings is 3. The van der Waals surface area contributed by atoms with Gasteiger partial charge in [0.2, 0.25) is 0 Å². The molecular weight excluding hydrogens is 410 g/mol. The summed E-state index contributed by atoms with van der Waals surface area (Å²) in [5, 5.41) is 10.0. The molecule has 2 amide bonds. The summed E-state index contributed by atoms with van der Waals surface area (Å²) in [5.74, 6) is -0.666. The molecule has 0 unspecified atom stereocenters. The Kier molecular flexibility index (Phi) is 5.12. The maximum absolute atomic E-state index is 13.8. The van der Waals surface area contributed by atoms with Crippen LogP contribution in [0.3, 0.4) is 0 Å². The average Bonchev–Trinajstić information content (AvgIpc) is 3.19. The Morgan fingerprint density at radius 3 is 2.36 bits per heavy atom. The third-order valence-corrected chi connectivity index (χ3v) is 6.02. The SMILES string of the molecule is Cc1ccccc1N1C(=O)/C(=C\c2cn(CCC#N)c3ccccc23)c2ccccc2C1=O. The van der Waals surface area contributed by atoms with E-state index in [1.165, 1.54) is 4.90 Å². The zero-order valence-corrected chi connectivity index (χ0v) is 18.2. The minimum Gasteiger partial charge on any atom is -0.346 e. The third kappa shape index (κ3) is 3.42. The summed E-state index contributed by atoms with van der Waals surface area (Å²) in [6.07, 6.45) is 4.23. The molecule has 1 aromatic heterocycles. The lowest BCUT2D eigenvalue weighted by Crippen LogP contribution is -2.42. The quantitative estimate of drug-likeness (QED) is 0.312. The fourth-order valence-electron chi connectivity index (χ4n) is 4.43. The number of fused-ring (bicyclic) bond motifs is 2. The van der Waals surface area contributed by atoms with Crippen LogP contribution in [0.1, 0.15) is 33.5 Å². The van der Waals surface area contributed by atoms with Gasteiger partial charge in [0, 0.05) is 40.3 Å². The van der Waals surface area contributed by atoms with Crippen molar-refractivity contribution in [3.05, 3.63) is 101 Å². The summed E-state index contributed by atoms with van der Waals surface area (Å²) in [6, 6.07) is 24.8. The number of nitrogens with zero attached hydrogens (tertiary/aromatic N) is 3. The number of para-hydroxylation sites is 2. The summed E-state index contributed by atoms with van der Waals surface area (Å²) in [7, 11) is 0. The van der Waals surface area contributed by atoms with Gasteiger partial charge in [-0.2, -0.15) is 5.26 Å². The van der Waals surface area contributed by atoms with Crippen LogP contribution in [0.2, 0.25) is 0 Å². The molecular formula is C28H21N3O2. The number of hydrogen-bond donors (Lipinski definition) is 0. The molecule has 0 bridgehead atoms. The number of aryl methyl sites for hydroxylation is 2. The summed E-state index contributed by atoms with van der Waals surface area (Å²) in [4.78, 5) is 28.4. The van der Waals surface area contributed by atoms with Gasteiger partial charge in [-0.1, -0.05) is 54.6 Å². The normalized spacial score (nSPS) is 14.5. The second-order valence-electron chi connectivity index (χ2n) is 8.04. The standard InChI is InChI=1S/C28H21N3O2/c1-19-9-2-6-13-25(19)31-27(32)23-12-4-3-11-22(23)24(28(31)33)17-20-18-30(16-8-15-29)26-14-7-5-10-21(20)26/h2-7,9-14,17-18H,8,16H2,1H3/b24-17-. The first-order valence-corrected chi connectivity index (χ1v) is 10.8.